The molecule has 0 bridgehead atoms. The minimum Gasteiger partial charge on any atom is -0.494 e. The van der Waals surface area contributed by atoms with Gasteiger partial charge in [-0.1, -0.05) is 29.8 Å². The predicted molar refractivity (Wildman–Crippen MR) is 87.8 cm³/mol. The smallest absolute Gasteiger partial charge is 0.337 e. The second-order valence-corrected chi connectivity index (χ2v) is 5.19. The van der Waals surface area contributed by atoms with Gasteiger partial charge in [0, 0.05) is 11.3 Å². The number of ether oxygens (including phenoxy) is 1. The summed E-state index contributed by atoms with van der Waals surface area (Å²) in [6, 6.07) is 12.9. The van der Waals surface area contributed by atoms with Crippen molar-refractivity contribution >= 4 is 11.7 Å². The molecule has 2 rings (SSSR count). The average Bonchev–Trinajstić information content (AvgIpc) is 2.49. The first kappa shape index (κ1) is 15.9. The molecule has 0 saturated heterocycles. The molecule has 0 amide bonds. The van der Waals surface area contributed by atoms with Crippen LogP contribution in [0.5, 0.6) is 5.75 Å². The van der Waals surface area contributed by atoms with Crippen LogP contribution in [0.4, 0.5) is 5.69 Å². The molecule has 22 heavy (non-hydrogen) atoms. The van der Waals surface area contributed by atoms with E-state index in [-0.39, 0.29) is 11.6 Å². The molecule has 0 aliphatic heterocycles. The minimum atomic E-state index is -0.940. The second kappa shape index (κ2) is 6.98. The van der Waals surface area contributed by atoms with Gasteiger partial charge in [-0.25, -0.2) is 4.79 Å². The van der Waals surface area contributed by atoms with Gasteiger partial charge >= 0.3 is 5.97 Å². The molecule has 0 radical (unpaired) electrons. The van der Waals surface area contributed by atoms with E-state index in [1.165, 1.54) is 0 Å². The number of carboxylic acids is 1. The number of rotatable bonds is 6. The summed E-state index contributed by atoms with van der Waals surface area (Å²) < 4.78 is 5.67. The van der Waals surface area contributed by atoms with Crippen LogP contribution in [0.1, 0.15) is 41.4 Å². The van der Waals surface area contributed by atoms with E-state index < -0.39 is 5.97 Å². The molecule has 2 aromatic carbocycles. The molecule has 4 heteroatoms. The summed E-state index contributed by atoms with van der Waals surface area (Å²) >= 11 is 0. The Labute approximate surface area is 130 Å². The molecule has 0 aliphatic rings. The zero-order valence-electron chi connectivity index (χ0n) is 13.1. The van der Waals surface area contributed by atoms with Crippen molar-refractivity contribution < 1.29 is 14.6 Å². The number of aryl methyl sites for hydroxylation is 1. The zero-order valence-corrected chi connectivity index (χ0v) is 13.1. The van der Waals surface area contributed by atoms with Crippen molar-refractivity contribution in [2.24, 2.45) is 0 Å². The third-order valence-corrected chi connectivity index (χ3v) is 3.46. The Hall–Kier alpha value is -2.49. The third-order valence-electron chi connectivity index (χ3n) is 3.46. The van der Waals surface area contributed by atoms with Gasteiger partial charge in [0.1, 0.15) is 5.75 Å². The van der Waals surface area contributed by atoms with Crippen molar-refractivity contribution in [3.63, 3.8) is 0 Å². The molecular weight excluding hydrogens is 278 g/mol. The number of hydrogen-bond donors (Lipinski definition) is 2. The van der Waals surface area contributed by atoms with Crippen LogP contribution < -0.4 is 10.1 Å². The van der Waals surface area contributed by atoms with Gasteiger partial charge in [0.15, 0.2) is 0 Å². The fraction of sp³-hybridized carbons (Fsp3) is 0.278. The quantitative estimate of drug-likeness (QED) is 0.836. The minimum absolute atomic E-state index is 0.0676. The number of hydrogen-bond acceptors (Lipinski definition) is 3. The second-order valence-electron chi connectivity index (χ2n) is 5.19. The molecule has 2 aromatic rings. The number of para-hydroxylation sites is 1. The summed E-state index contributed by atoms with van der Waals surface area (Å²) in [5.74, 6) is -0.120. The van der Waals surface area contributed by atoms with Crippen LogP contribution in [0, 0.1) is 6.92 Å². The van der Waals surface area contributed by atoms with Gasteiger partial charge < -0.3 is 15.2 Å². The molecule has 4 nitrogen and oxygen atoms in total. The lowest BCUT2D eigenvalue weighted by Crippen LogP contribution is -2.12. The predicted octanol–water partition coefficient (Wildman–Crippen LogP) is 4.27. The standard InChI is InChI=1S/C18H21NO3/c1-4-22-17-10-9-12(2)11-15(17)13(3)19-16-8-6-5-7-14(16)18(20)21/h5-11,13,19H,4H2,1-3H3,(H,20,21). The van der Waals surface area contributed by atoms with Gasteiger partial charge in [0.05, 0.1) is 18.2 Å². The third kappa shape index (κ3) is 3.58. The van der Waals surface area contributed by atoms with E-state index in [0.29, 0.717) is 12.3 Å². The van der Waals surface area contributed by atoms with E-state index in [1.54, 1.807) is 18.2 Å². The van der Waals surface area contributed by atoms with Crippen molar-refractivity contribution in [2.75, 3.05) is 11.9 Å². The lowest BCUT2D eigenvalue weighted by molar-refractivity contribution is 0.0698. The van der Waals surface area contributed by atoms with Crippen LogP contribution in [-0.2, 0) is 0 Å². The molecule has 0 aliphatic carbocycles. The normalized spacial score (nSPS) is 11.8. The van der Waals surface area contributed by atoms with Crippen molar-refractivity contribution in [1.82, 2.24) is 0 Å². The summed E-state index contributed by atoms with van der Waals surface area (Å²) in [4.78, 5) is 11.3. The highest BCUT2D eigenvalue weighted by Gasteiger charge is 2.15. The van der Waals surface area contributed by atoms with Crippen LogP contribution in [0.2, 0.25) is 0 Å². The number of carboxylic acid groups (broad SMARTS) is 1. The zero-order chi connectivity index (χ0) is 16.1. The first-order valence-corrected chi connectivity index (χ1v) is 7.35. The molecule has 0 fully saturated rings. The average molecular weight is 299 g/mol. The highest BCUT2D eigenvalue weighted by molar-refractivity contribution is 5.94. The summed E-state index contributed by atoms with van der Waals surface area (Å²) in [7, 11) is 0. The van der Waals surface area contributed by atoms with Gasteiger partial charge in [-0.15, -0.1) is 0 Å². The Morgan fingerprint density at radius 2 is 2.00 bits per heavy atom. The van der Waals surface area contributed by atoms with Crippen LogP contribution >= 0.6 is 0 Å². The summed E-state index contributed by atoms with van der Waals surface area (Å²) in [6.45, 7) is 6.56. The maximum atomic E-state index is 11.3. The fourth-order valence-electron chi connectivity index (χ4n) is 2.40. The maximum Gasteiger partial charge on any atom is 0.337 e. The van der Waals surface area contributed by atoms with E-state index in [2.05, 4.69) is 11.4 Å². The highest BCUT2D eigenvalue weighted by atomic mass is 16.5. The first-order chi connectivity index (χ1) is 10.5. The largest absolute Gasteiger partial charge is 0.494 e. The molecule has 0 aromatic heterocycles. The van der Waals surface area contributed by atoms with Crippen LogP contribution in [0.3, 0.4) is 0 Å². The molecule has 0 spiro atoms. The number of aromatic carboxylic acids is 1. The first-order valence-electron chi connectivity index (χ1n) is 7.35. The Bertz CT molecular complexity index is 667. The van der Waals surface area contributed by atoms with Crippen LogP contribution in [0.25, 0.3) is 0 Å². The van der Waals surface area contributed by atoms with Gasteiger partial charge in [0.25, 0.3) is 0 Å². The molecular formula is C18H21NO3. The molecule has 1 unspecified atom stereocenters. The number of carbonyl (C=O) groups is 1. The van der Waals surface area contributed by atoms with Crippen molar-refractivity contribution in [2.45, 2.75) is 26.8 Å². The SMILES string of the molecule is CCOc1ccc(C)cc1C(C)Nc1ccccc1C(=O)O. The molecule has 0 heterocycles. The van der Waals surface area contributed by atoms with Gasteiger partial charge in [0.2, 0.25) is 0 Å². The lowest BCUT2D eigenvalue weighted by atomic mass is 10.0. The van der Waals surface area contributed by atoms with Crippen molar-refractivity contribution in [1.29, 1.82) is 0 Å². The number of anilines is 1. The van der Waals surface area contributed by atoms with E-state index in [9.17, 15) is 9.90 Å². The van der Waals surface area contributed by atoms with E-state index in [1.807, 2.05) is 39.0 Å². The highest BCUT2D eigenvalue weighted by Crippen LogP contribution is 2.30. The van der Waals surface area contributed by atoms with E-state index in [0.717, 1.165) is 16.9 Å². The van der Waals surface area contributed by atoms with E-state index in [4.69, 9.17) is 4.74 Å². The molecule has 0 saturated carbocycles. The number of nitrogens with one attached hydrogen (secondary N) is 1. The van der Waals surface area contributed by atoms with Crippen molar-refractivity contribution in [3.8, 4) is 5.75 Å². The summed E-state index contributed by atoms with van der Waals surface area (Å²) in [6.07, 6.45) is 0. The van der Waals surface area contributed by atoms with Gasteiger partial charge in [-0.3, -0.25) is 0 Å². The summed E-state index contributed by atoms with van der Waals surface area (Å²) in [5, 5.41) is 12.5. The Morgan fingerprint density at radius 3 is 2.68 bits per heavy atom. The Kier molecular flexibility index (Phi) is 5.04. The Morgan fingerprint density at radius 1 is 1.27 bits per heavy atom. The Balaban J connectivity index is 2.31. The van der Waals surface area contributed by atoms with E-state index >= 15 is 0 Å². The fourth-order valence-corrected chi connectivity index (χ4v) is 2.40. The van der Waals surface area contributed by atoms with Crippen LogP contribution in [0.15, 0.2) is 42.5 Å². The maximum absolute atomic E-state index is 11.3. The summed E-state index contributed by atoms with van der Waals surface area (Å²) in [5.41, 5.74) is 3.02. The number of benzene rings is 2. The lowest BCUT2D eigenvalue weighted by Gasteiger charge is -2.20. The monoisotopic (exact) mass is 299 g/mol. The molecule has 116 valence electrons. The van der Waals surface area contributed by atoms with Gasteiger partial charge in [-0.2, -0.15) is 0 Å². The topological polar surface area (TPSA) is 58.6 Å². The van der Waals surface area contributed by atoms with Gasteiger partial charge in [-0.05, 0) is 39.0 Å². The van der Waals surface area contributed by atoms with Crippen LogP contribution in [-0.4, -0.2) is 17.7 Å². The van der Waals surface area contributed by atoms with Crippen molar-refractivity contribution in [3.05, 3.63) is 59.2 Å². The molecule has 2 N–H and O–H groups in total. The molecule has 1 atom stereocenters.